The summed E-state index contributed by atoms with van der Waals surface area (Å²) in [6.45, 7) is -0.934. The molecular formula is C12H5BrF6N4O4. The van der Waals surface area contributed by atoms with Crippen LogP contribution in [0.5, 0.6) is 0 Å². The molecule has 0 spiro atoms. The van der Waals surface area contributed by atoms with Gasteiger partial charge in [0.1, 0.15) is 6.67 Å². The molecule has 0 saturated carbocycles. The largest absolute Gasteiger partial charge is 0.434 e. The third-order valence-corrected chi connectivity index (χ3v) is 3.80. The summed E-state index contributed by atoms with van der Waals surface area (Å²) >= 11 is 2.55. The van der Waals surface area contributed by atoms with Gasteiger partial charge in [-0.05, 0) is 15.9 Å². The molecule has 0 aliphatic carbocycles. The molecule has 1 heterocycles. The molecule has 15 heteroatoms. The first-order valence-electron chi connectivity index (χ1n) is 6.53. The normalized spacial score (nSPS) is 15.3. The first-order chi connectivity index (χ1) is 12.2. The molecule has 0 amide bonds. The van der Waals surface area contributed by atoms with Crippen molar-refractivity contribution < 1.29 is 36.2 Å². The van der Waals surface area contributed by atoms with Crippen LogP contribution in [-0.4, -0.2) is 28.4 Å². The van der Waals surface area contributed by atoms with Gasteiger partial charge in [0.05, 0.1) is 19.9 Å². The Balaban J connectivity index is 2.69. The van der Waals surface area contributed by atoms with Crippen molar-refractivity contribution in [1.82, 2.24) is 0 Å². The van der Waals surface area contributed by atoms with Crippen LogP contribution in [0.3, 0.4) is 0 Å². The molecule has 27 heavy (non-hydrogen) atoms. The molecule has 0 N–H and O–H groups in total. The van der Waals surface area contributed by atoms with Crippen LogP contribution < -0.4 is 4.90 Å². The summed E-state index contributed by atoms with van der Waals surface area (Å²) in [4.78, 5) is 23.4. The van der Waals surface area contributed by atoms with Crippen LogP contribution in [-0.2, 0) is 6.18 Å². The number of halogens is 7. The van der Waals surface area contributed by atoms with Crippen LogP contribution in [0, 0.1) is 20.2 Å². The molecule has 0 unspecified atom stereocenters. The Morgan fingerprint density at radius 3 is 1.81 bits per heavy atom. The van der Waals surface area contributed by atoms with E-state index in [1.807, 2.05) is 0 Å². The zero-order chi connectivity index (χ0) is 20.7. The SMILES string of the molecule is O=[N+]([O-])c1cc(C(F)(F)F)cc([N+](=O)[O-])c1N1C=C(Br)C(C(F)(F)F)=NC1. The van der Waals surface area contributed by atoms with Gasteiger partial charge in [-0.15, -0.1) is 0 Å². The van der Waals surface area contributed by atoms with E-state index in [2.05, 4.69) is 20.9 Å². The summed E-state index contributed by atoms with van der Waals surface area (Å²) in [5.41, 5.74) is -6.57. The van der Waals surface area contributed by atoms with Gasteiger partial charge < -0.3 is 4.90 Å². The maximum absolute atomic E-state index is 12.9. The second-order valence-electron chi connectivity index (χ2n) is 4.97. The van der Waals surface area contributed by atoms with E-state index in [-0.39, 0.29) is 12.1 Å². The van der Waals surface area contributed by atoms with Gasteiger partial charge >= 0.3 is 23.7 Å². The molecule has 0 saturated heterocycles. The Bertz CT molecular complexity index is 845. The van der Waals surface area contributed by atoms with Crippen molar-refractivity contribution in [2.24, 2.45) is 4.99 Å². The Hall–Kier alpha value is -2.71. The third-order valence-electron chi connectivity index (χ3n) is 3.22. The highest BCUT2D eigenvalue weighted by molar-refractivity contribution is 9.12. The zero-order valence-corrected chi connectivity index (χ0v) is 14.1. The number of nitro groups is 2. The highest BCUT2D eigenvalue weighted by Gasteiger charge is 2.42. The quantitative estimate of drug-likeness (QED) is 0.372. The fraction of sp³-hybridized carbons (Fsp3) is 0.250. The lowest BCUT2D eigenvalue weighted by molar-refractivity contribution is -0.393. The number of allylic oxidation sites excluding steroid dienone is 1. The van der Waals surface area contributed by atoms with Gasteiger partial charge in [0.25, 0.3) is 0 Å². The molecule has 0 aromatic heterocycles. The number of alkyl halides is 6. The van der Waals surface area contributed by atoms with Crippen molar-refractivity contribution in [2.45, 2.75) is 12.4 Å². The van der Waals surface area contributed by atoms with E-state index in [9.17, 15) is 46.6 Å². The molecule has 0 bridgehead atoms. The van der Waals surface area contributed by atoms with E-state index in [0.717, 1.165) is 0 Å². The topological polar surface area (TPSA) is 102 Å². The van der Waals surface area contributed by atoms with Gasteiger partial charge in [-0.2, -0.15) is 26.3 Å². The smallest absolute Gasteiger partial charge is 0.315 e. The van der Waals surface area contributed by atoms with E-state index in [0.29, 0.717) is 11.1 Å². The number of nitrogens with zero attached hydrogens (tertiary/aromatic N) is 4. The highest BCUT2D eigenvalue weighted by atomic mass is 79.9. The van der Waals surface area contributed by atoms with Crippen molar-refractivity contribution in [3.05, 3.63) is 48.6 Å². The van der Waals surface area contributed by atoms with E-state index in [1.54, 1.807) is 0 Å². The van der Waals surface area contributed by atoms with Gasteiger partial charge in [0.2, 0.25) is 0 Å². The first kappa shape index (κ1) is 20.6. The summed E-state index contributed by atoms with van der Waals surface area (Å²) in [5.74, 6) is 0. The van der Waals surface area contributed by atoms with Gasteiger partial charge in [-0.3, -0.25) is 25.2 Å². The fourth-order valence-electron chi connectivity index (χ4n) is 2.16. The molecule has 1 aromatic rings. The molecule has 2 rings (SSSR count). The lowest BCUT2D eigenvalue weighted by Gasteiger charge is -2.24. The second-order valence-corrected chi connectivity index (χ2v) is 5.82. The van der Waals surface area contributed by atoms with Crippen LogP contribution >= 0.6 is 15.9 Å². The summed E-state index contributed by atoms with van der Waals surface area (Å²) in [6.07, 6.45) is -9.37. The summed E-state index contributed by atoms with van der Waals surface area (Å²) < 4.78 is 76.2. The van der Waals surface area contributed by atoms with E-state index >= 15 is 0 Å². The van der Waals surface area contributed by atoms with Crippen LogP contribution in [0.4, 0.5) is 43.4 Å². The number of hydrogen-bond donors (Lipinski definition) is 0. The second kappa shape index (κ2) is 6.79. The molecular weight excluding hydrogens is 458 g/mol. The Morgan fingerprint density at radius 1 is 1.00 bits per heavy atom. The number of anilines is 1. The standard InChI is InChI=1S/C12H5BrF6N4O4/c13-6-3-21(4-20-10(6)12(17,18)19)9-7(22(24)25)1-5(11(14,15)16)2-8(9)23(26)27/h1-3H,4H2. The van der Waals surface area contributed by atoms with Crippen LogP contribution in [0.2, 0.25) is 0 Å². The van der Waals surface area contributed by atoms with E-state index < -0.39 is 61.7 Å². The minimum absolute atomic E-state index is 0.0626. The maximum Gasteiger partial charge on any atom is 0.434 e. The predicted molar refractivity (Wildman–Crippen MR) is 82.6 cm³/mol. The summed E-state index contributed by atoms with van der Waals surface area (Å²) in [6, 6.07) is 0.125. The lowest BCUT2D eigenvalue weighted by Crippen LogP contribution is -2.32. The Morgan fingerprint density at radius 2 is 1.48 bits per heavy atom. The van der Waals surface area contributed by atoms with Crippen LogP contribution in [0.25, 0.3) is 0 Å². The number of aliphatic imine (C=N–C) groups is 1. The minimum Gasteiger partial charge on any atom is -0.315 e. The van der Waals surface area contributed by atoms with Crippen molar-refractivity contribution in [1.29, 1.82) is 0 Å². The first-order valence-corrected chi connectivity index (χ1v) is 7.32. The molecule has 8 nitrogen and oxygen atoms in total. The molecule has 0 fully saturated rings. The lowest BCUT2D eigenvalue weighted by atomic mass is 10.1. The van der Waals surface area contributed by atoms with Gasteiger partial charge in [0, 0.05) is 18.3 Å². The van der Waals surface area contributed by atoms with Gasteiger partial charge in [-0.25, -0.2) is 0 Å². The van der Waals surface area contributed by atoms with E-state index in [4.69, 9.17) is 0 Å². The van der Waals surface area contributed by atoms with Crippen molar-refractivity contribution >= 4 is 38.7 Å². The molecule has 0 radical (unpaired) electrons. The minimum atomic E-state index is -5.12. The molecule has 1 aromatic carbocycles. The summed E-state index contributed by atoms with van der Waals surface area (Å²) in [5, 5.41) is 22.3. The predicted octanol–water partition coefficient (Wildman–Crippen LogP) is 4.54. The fourth-order valence-corrected chi connectivity index (χ4v) is 2.76. The average Bonchev–Trinajstić information content (AvgIpc) is 2.51. The van der Waals surface area contributed by atoms with Crippen molar-refractivity contribution in [2.75, 3.05) is 11.6 Å². The zero-order valence-electron chi connectivity index (χ0n) is 12.5. The Labute approximate surface area is 153 Å². The van der Waals surface area contributed by atoms with Gasteiger partial charge in [0.15, 0.2) is 11.4 Å². The van der Waals surface area contributed by atoms with E-state index in [1.165, 1.54) is 0 Å². The van der Waals surface area contributed by atoms with Crippen molar-refractivity contribution in [3.63, 3.8) is 0 Å². The monoisotopic (exact) mass is 462 g/mol. The van der Waals surface area contributed by atoms with Gasteiger partial charge in [-0.1, -0.05) is 0 Å². The third kappa shape index (κ3) is 4.17. The average molecular weight is 463 g/mol. The molecule has 1 aliphatic heterocycles. The summed E-state index contributed by atoms with van der Waals surface area (Å²) in [7, 11) is 0. The number of benzene rings is 1. The number of rotatable bonds is 3. The molecule has 146 valence electrons. The highest BCUT2D eigenvalue weighted by Crippen LogP contribution is 2.44. The molecule has 1 aliphatic rings. The number of hydrogen-bond acceptors (Lipinski definition) is 6. The van der Waals surface area contributed by atoms with Crippen molar-refractivity contribution in [3.8, 4) is 0 Å². The number of nitro benzene ring substituents is 2. The molecule has 0 atom stereocenters. The Kier molecular flexibility index (Phi) is 5.18. The van der Waals surface area contributed by atoms with Crippen LogP contribution in [0.1, 0.15) is 5.56 Å². The maximum atomic E-state index is 12.9. The van der Waals surface area contributed by atoms with Crippen LogP contribution in [0.15, 0.2) is 27.8 Å².